The van der Waals surface area contributed by atoms with Crippen molar-refractivity contribution < 1.29 is 58.9 Å². The van der Waals surface area contributed by atoms with Crippen molar-refractivity contribution in [3.8, 4) is 0 Å². The first-order valence-electron chi connectivity index (χ1n) is 9.87. The van der Waals surface area contributed by atoms with Gasteiger partial charge in [0.25, 0.3) is 0 Å². The zero-order valence-electron chi connectivity index (χ0n) is 19.2. The van der Waals surface area contributed by atoms with Crippen LogP contribution in [0.5, 0.6) is 0 Å². The number of hydrogen-bond donors (Lipinski definition) is 0. The maximum atomic E-state index is 3.99. The standard InChI is InChI=1S/C25H33Si.3ClH.Ti/c1-17-13-23(14-18(2)20(17)4)26-25(15-19(3)21(5)22(25)6)16-24(7)11-9-8-10-12-24;;;;/h8-11,13-14H,12,16,26H2,1-7H3;3*1H;/q-1;;;;+4/p-3. The van der Waals surface area contributed by atoms with Gasteiger partial charge in [-0.25, -0.2) is 5.57 Å². The smallest absolute Gasteiger partial charge is 1.00 e. The zero-order valence-corrected chi connectivity index (χ0v) is 24.5. The molecule has 0 nitrogen and oxygen atoms in total. The van der Waals surface area contributed by atoms with Crippen molar-refractivity contribution in [2.24, 2.45) is 5.41 Å². The van der Waals surface area contributed by atoms with Crippen molar-refractivity contribution in [1.82, 2.24) is 0 Å². The summed E-state index contributed by atoms with van der Waals surface area (Å²) < 4.78 is 0. The molecule has 2 aliphatic rings. The summed E-state index contributed by atoms with van der Waals surface area (Å²) in [6.45, 7) is 16.1. The van der Waals surface area contributed by atoms with Crippen LogP contribution >= 0.6 is 0 Å². The number of allylic oxidation sites excluding steroid dienone is 8. The molecule has 1 aromatic carbocycles. The molecule has 1 aromatic rings. The van der Waals surface area contributed by atoms with Gasteiger partial charge in [-0.2, -0.15) is 11.1 Å². The Hall–Kier alpha value is -0.0188. The molecule has 3 rings (SSSR count). The second-order valence-electron chi connectivity index (χ2n) is 8.94. The van der Waals surface area contributed by atoms with Crippen molar-refractivity contribution in [3.05, 3.63) is 75.9 Å². The molecule has 2 unspecified atom stereocenters. The minimum absolute atomic E-state index is 0. The molecule has 0 saturated carbocycles. The minimum Gasteiger partial charge on any atom is -1.00 e. The monoisotopic (exact) mass is 514 g/mol. The van der Waals surface area contributed by atoms with Gasteiger partial charge in [0.05, 0.1) is 0 Å². The summed E-state index contributed by atoms with van der Waals surface area (Å²) in [7, 11) is -0.541. The number of benzene rings is 1. The average Bonchev–Trinajstić information content (AvgIpc) is 2.76. The van der Waals surface area contributed by atoms with E-state index < -0.39 is 9.52 Å². The summed E-state index contributed by atoms with van der Waals surface area (Å²) in [6, 6.07) is 4.90. The Bertz CT molecular complexity index is 846. The van der Waals surface area contributed by atoms with Crippen LogP contribution in [0.3, 0.4) is 0 Å². The Balaban J connectivity index is 0. The molecule has 162 valence electrons. The van der Waals surface area contributed by atoms with Crippen LogP contribution in [0.25, 0.3) is 0 Å². The summed E-state index contributed by atoms with van der Waals surface area (Å²) in [6.07, 6.45) is 15.5. The predicted molar refractivity (Wildman–Crippen MR) is 118 cm³/mol. The van der Waals surface area contributed by atoms with Gasteiger partial charge in [0.15, 0.2) is 0 Å². The molecular weight excluding hydrogens is 483 g/mol. The van der Waals surface area contributed by atoms with Gasteiger partial charge in [0, 0.05) is 9.52 Å². The summed E-state index contributed by atoms with van der Waals surface area (Å²) in [5.41, 5.74) is 8.95. The number of halogens is 3. The zero-order chi connectivity index (χ0) is 19.1. The van der Waals surface area contributed by atoms with Crippen molar-refractivity contribution >= 4 is 14.7 Å². The van der Waals surface area contributed by atoms with E-state index in [4.69, 9.17) is 0 Å². The third kappa shape index (κ3) is 6.50. The van der Waals surface area contributed by atoms with E-state index in [2.05, 4.69) is 91.0 Å². The number of hydrogen-bond acceptors (Lipinski definition) is 0. The molecule has 0 aliphatic heterocycles. The second-order valence-corrected chi connectivity index (χ2v) is 11.3. The molecule has 2 atom stereocenters. The van der Waals surface area contributed by atoms with E-state index in [9.17, 15) is 0 Å². The van der Waals surface area contributed by atoms with Gasteiger partial charge < -0.3 is 37.2 Å². The van der Waals surface area contributed by atoms with Crippen LogP contribution in [0.15, 0.2) is 53.2 Å². The summed E-state index contributed by atoms with van der Waals surface area (Å²) >= 11 is 0. The maximum absolute atomic E-state index is 3.99. The molecule has 2 aliphatic carbocycles. The first-order valence-corrected chi connectivity index (χ1v) is 11.3. The molecule has 30 heavy (non-hydrogen) atoms. The molecular formula is C25H33Cl3SiTi. The molecule has 5 heteroatoms. The Morgan fingerprint density at radius 3 is 1.93 bits per heavy atom. The average molecular weight is 516 g/mol. The van der Waals surface area contributed by atoms with Crippen LogP contribution in [0.2, 0.25) is 5.04 Å². The van der Waals surface area contributed by atoms with Gasteiger partial charge >= 0.3 is 21.7 Å². The van der Waals surface area contributed by atoms with Gasteiger partial charge in [-0.15, -0.1) is 6.92 Å². The third-order valence-corrected chi connectivity index (χ3v) is 9.18. The molecule has 0 saturated heterocycles. The SMILES string of the molecule is CC1=[C-]C(CC2(C)C=CC=CC2)([SiH2]c2cc(C)c(C)c(C)c2)C(C)=C1C.[Cl-].[Cl-].[Cl-].[Ti+4]. The van der Waals surface area contributed by atoms with Crippen LogP contribution in [0.1, 0.15) is 57.2 Å². The third-order valence-electron chi connectivity index (χ3n) is 6.80. The van der Waals surface area contributed by atoms with Gasteiger partial charge in [-0.05, 0) is 49.3 Å². The Morgan fingerprint density at radius 1 is 0.933 bits per heavy atom. The van der Waals surface area contributed by atoms with Crippen molar-refractivity contribution in [3.63, 3.8) is 0 Å². The Kier molecular flexibility index (Phi) is 13.2. The van der Waals surface area contributed by atoms with E-state index in [-0.39, 0.29) is 69.4 Å². The molecule has 0 aromatic heterocycles. The predicted octanol–water partition coefficient (Wildman–Crippen LogP) is -3.41. The van der Waals surface area contributed by atoms with Crippen LogP contribution < -0.4 is 42.4 Å². The molecule has 0 radical (unpaired) electrons. The fraction of sp³-hybridized carbons (Fsp3) is 0.440. The molecule has 0 fully saturated rings. The first-order chi connectivity index (χ1) is 12.2. The molecule has 0 spiro atoms. The van der Waals surface area contributed by atoms with E-state index >= 15 is 0 Å². The molecule has 0 amide bonds. The summed E-state index contributed by atoms with van der Waals surface area (Å²) in [4.78, 5) is 0. The van der Waals surface area contributed by atoms with Crippen LogP contribution in [0, 0.1) is 32.3 Å². The van der Waals surface area contributed by atoms with E-state index in [0.29, 0.717) is 0 Å². The summed E-state index contributed by atoms with van der Waals surface area (Å²) in [5.74, 6) is 0. The molecule has 0 N–H and O–H groups in total. The fourth-order valence-electron chi connectivity index (χ4n) is 4.77. The fourth-order valence-corrected chi connectivity index (χ4v) is 7.86. The van der Waals surface area contributed by atoms with Gasteiger partial charge in [0.1, 0.15) is 0 Å². The normalized spacial score (nSPS) is 24.7. The Labute approximate surface area is 220 Å². The van der Waals surface area contributed by atoms with E-state index in [1.165, 1.54) is 34.3 Å². The van der Waals surface area contributed by atoms with Crippen LogP contribution in [-0.4, -0.2) is 9.52 Å². The number of aryl methyl sites for hydroxylation is 2. The summed E-state index contributed by atoms with van der Waals surface area (Å²) in [5, 5.41) is 1.73. The molecule has 0 bridgehead atoms. The van der Waals surface area contributed by atoms with Gasteiger partial charge in [0.2, 0.25) is 0 Å². The first kappa shape index (κ1) is 32.2. The minimum atomic E-state index is -0.541. The van der Waals surface area contributed by atoms with Crippen LogP contribution in [0.4, 0.5) is 0 Å². The Morgan fingerprint density at radius 2 is 1.50 bits per heavy atom. The van der Waals surface area contributed by atoms with E-state index in [1.54, 1.807) is 10.8 Å². The quantitative estimate of drug-likeness (QED) is 0.290. The second kappa shape index (κ2) is 12.3. The maximum Gasteiger partial charge on any atom is 4.00 e. The van der Waals surface area contributed by atoms with Crippen molar-refractivity contribution in [1.29, 1.82) is 0 Å². The van der Waals surface area contributed by atoms with Crippen molar-refractivity contribution in [2.45, 2.75) is 66.3 Å². The van der Waals surface area contributed by atoms with Crippen LogP contribution in [-0.2, 0) is 21.7 Å². The number of rotatable bonds is 4. The largest absolute Gasteiger partial charge is 4.00 e. The van der Waals surface area contributed by atoms with Gasteiger partial charge in [-0.1, -0.05) is 73.9 Å². The van der Waals surface area contributed by atoms with Crippen molar-refractivity contribution in [2.75, 3.05) is 0 Å². The molecule has 0 heterocycles. The van der Waals surface area contributed by atoms with E-state index in [0.717, 1.165) is 6.42 Å². The topological polar surface area (TPSA) is 0 Å². The van der Waals surface area contributed by atoms with Gasteiger partial charge in [-0.3, -0.25) is 6.08 Å². The van der Waals surface area contributed by atoms with E-state index in [1.807, 2.05) is 0 Å².